The lowest BCUT2D eigenvalue weighted by Gasteiger charge is -2.12. The first-order valence-corrected chi connectivity index (χ1v) is 9.25. The molecule has 0 saturated heterocycles. The molecular formula is C16H18N4O4S. The molecule has 132 valence electrons. The van der Waals surface area contributed by atoms with Crippen LogP contribution in [0.25, 0.3) is 11.0 Å². The molecule has 0 unspecified atom stereocenters. The molecule has 8 nitrogen and oxygen atoms in total. The number of hydrogen-bond acceptors (Lipinski definition) is 6. The Morgan fingerprint density at radius 2 is 2.00 bits per heavy atom. The number of H-pyrrole nitrogens is 1. The lowest BCUT2D eigenvalue weighted by molar-refractivity contribution is -0.114. The van der Waals surface area contributed by atoms with Gasteiger partial charge in [-0.05, 0) is 12.1 Å². The summed E-state index contributed by atoms with van der Waals surface area (Å²) in [6.45, 7) is 5.84. The van der Waals surface area contributed by atoms with Gasteiger partial charge in [-0.25, -0.2) is 13.4 Å². The standard InChI is InChI=1S/C16H18N4O4S/c1-16(2,3)12-8-14(24-20-12)19-13(21)9-25(22,23)15-17-10-6-4-5-7-11(10)18-15/h4-8H,9H2,1-3H3,(H,17,18)(H,19,21). The van der Waals surface area contributed by atoms with Gasteiger partial charge < -0.3 is 9.51 Å². The summed E-state index contributed by atoms with van der Waals surface area (Å²) in [6.07, 6.45) is 0. The molecule has 9 heteroatoms. The molecule has 1 aromatic carbocycles. The van der Waals surface area contributed by atoms with Gasteiger partial charge in [0.1, 0.15) is 5.75 Å². The van der Waals surface area contributed by atoms with E-state index in [1.165, 1.54) is 0 Å². The molecule has 2 aromatic heterocycles. The van der Waals surface area contributed by atoms with E-state index in [2.05, 4.69) is 20.4 Å². The van der Waals surface area contributed by atoms with Gasteiger partial charge in [-0.1, -0.05) is 38.1 Å². The number of para-hydroxylation sites is 2. The van der Waals surface area contributed by atoms with Gasteiger partial charge in [-0.3, -0.25) is 10.1 Å². The monoisotopic (exact) mass is 362 g/mol. The zero-order valence-electron chi connectivity index (χ0n) is 14.0. The van der Waals surface area contributed by atoms with E-state index in [0.29, 0.717) is 16.7 Å². The average molecular weight is 362 g/mol. The van der Waals surface area contributed by atoms with Crippen molar-refractivity contribution in [1.29, 1.82) is 0 Å². The van der Waals surface area contributed by atoms with Crippen molar-refractivity contribution >= 4 is 32.7 Å². The minimum atomic E-state index is -3.90. The van der Waals surface area contributed by atoms with E-state index in [-0.39, 0.29) is 16.5 Å². The Bertz CT molecular complexity index is 995. The average Bonchev–Trinajstić information content (AvgIpc) is 3.12. The zero-order chi connectivity index (χ0) is 18.2. The number of aromatic nitrogens is 3. The van der Waals surface area contributed by atoms with Crippen LogP contribution in [0.1, 0.15) is 26.5 Å². The van der Waals surface area contributed by atoms with Crippen molar-refractivity contribution < 1.29 is 17.7 Å². The molecule has 0 radical (unpaired) electrons. The van der Waals surface area contributed by atoms with Crippen LogP contribution < -0.4 is 5.32 Å². The molecule has 1 amide bonds. The molecule has 3 aromatic rings. The largest absolute Gasteiger partial charge is 0.338 e. The maximum absolute atomic E-state index is 12.4. The van der Waals surface area contributed by atoms with Crippen LogP contribution in [-0.4, -0.2) is 35.2 Å². The van der Waals surface area contributed by atoms with E-state index in [0.717, 1.165) is 0 Å². The molecule has 0 aliphatic carbocycles. The molecule has 0 bridgehead atoms. The number of carbonyl (C=O) groups excluding carboxylic acids is 1. The Labute approximate surface area is 144 Å². The third-order valence-corrected chi connectivity index (χ3v) is 4.95. The summed E-state index contributed by atoms with van der Waals surface area (Å²) in [4.78, 5) is 18.8. The number of amides is 1. The van der Waals surface area contributed by atoms with Crippen molar-refractivity contribution in [2.45, 2.75) is 31.3 Å². The predicted octanol–water partition coefficient (Wildman–Crippen LogP) is 2.26. The normalized spacial score (nSPS) is 12.4. The number of anilines is 1. The van der Waals surface area contributed by atoms with Crippen LogP contribution in [0.2, 0.25) is 0 Å². The number of hydrogen-bond donors (Lipinski definition) is 2. The van der Waals surface area contributed by atoms with Crippen LogP contribution in [0, 0.1) is 0 Å². The molecule has 0 spiro atoms. The van der Waals surface area contributed by atoms with Crippen LogP contribution in [0.5, 0.6) is 0 Å². The molecule has 0 saturated carbocycles. The minimum absolute atomic E-state index is 0.106. The van der Waals surface area contributed by atoms with Crippen molar-refractivity contribution in [3.63, 3.8) is 0 Å². The van der Waals surface area contributed by atoms with Gasteiger partial charge in [-0.2, -0.15) is 0 Å². The predicted molar refractivity (Wildman–Crippen MR) is 92.0 cm³/mol. The second-order valence-electron chi connectivity index (χ2n) is 6.69. The Morgan fingerprint density at radius 1 is 1.28 bits per heavy atom. The van der Waals surface area contributed by atoms with Crippen molar-refractivity contribution in [2.75, 3.05) is 11.1 Å². The number of imidazole rings is 1. The Balaban J connectivity index is 1.74. The highest BCUT2D eigenvalue weighted by Crippen LogP contribution is 2.23. The van der Waals surface area contributed by atoms with Crippen molar-refractivity contribution in [1.82, 2.24) is 15.1 Å². The quantitative estimate of drug-likeness (QED) is 0.735. The van der Waals surface area contributed by atoms with Gasteiger partial charge in [0.15, 0.2) is 0 Å². The molecule has 0 fully saturated rings. The third-order valence-electron chi connectivity index (χ3n) is 3.52. The highest BCUT2D eigenvalue weighted by molar-refractivity contribution is 7.92. The molecule has 2 heterocycles. The molecule has 0 aliphatic heterocycles. The maximum Gasteiger partial charge on any atom is 0.242 e. The number of aromatic amines is 1. The minimum Gasteiger partial charge on any atom is -0.338 e. The number of rotatable bonds is 4. The lowest BCUT2D eigenvalue weighted by atomic mass is 9.92. The summed E-state index contributed by atoms with van der Waals surface area (Å²) in [5.74, 6) is -1.37. The Hall–Kier alpha value is -2.68. The lowest BCUT2D eigenvalue weighted by Crippen LogP contribution is -2.23. The van der Waals surface area contributed by atoms with E-state index in [4.69, 9.17) is 4.52 Å². The van der Waals surface area contributed by atoms with E-state index in [9.17, 15) is 13.2 Å². The van der Waals surface area contributed by atoms with Gasteiger partial charge in [-0.15, -0.1) is 0 Å². The zero-order valence-corrected chi connectivity index (χ0v) is 14.8. The fraction of sp³-hybridized carbons (Fsp3) is 0.312. The highest BCUT2D eigenvalue weighted by Gasteiger charge is 2.25. The second-order valence-corrected chi connectivity index (χ2v) is 8.60. The van der Waals surface area contributed by atoms with Crippen molar-refractivity contribution in [3.05, 3.63) is 36.0 Å². The molecule has 25 heavy (non-hydrogen) atoms. The summed E-state index contributed by atoms with van der Waals surface area (Å²) in [6, 6.07) is 8.49. The van der Waals surface area contributed by atoms with E-state index in [1.807, 2.05) is 20.8 Å². The van der Waals surface area contributed by atoms with Gasteiger partial charge in [0.2, 0.25) is 26.8 Å². The molecule has 0 aliphatic rings. The van der Waals surface area contributed by atoms with Gasteiger partial charge in [0.05, 0.1) is 16.7 Å². The topological polar surface area (TPSA) is 118 Å². The second kappa shape index (κ2) is 5.99. The van der Waals surface area contributed by atoms with Crippen molar-refractivity contribution in [3.8, 4) is 0 Å². The highest BCUT2D eigenvalue weighted by atomic mass is 32.2. The van der Waals surface area contributed by atoms with Crippen LogP contribution in [0.3, 0.4) is 0 Å². The molecule has 0 atom stereocenters. The van der Waals surface area contributed by atoms with Crippen LogP contribution in [0.15, 0.2) is 40.0 Å². The van der Waals surface area contributed by atoms with Crippen molar-refractivity contribution in [2.24, 2.45) is 0 Å². The summed E-state index contributed by atoms with van der Waals surface area (Å²) >= 11 is 0. The maximum atomic E-state index is 12.4. The molecule has 3 rings (SSSR count). The Kier molecular flexibility index (Phi) is 4.11. The first-order valence-electron chi connectivity index (χ1n) is 7.60. The van der Waals surface area contributed by atoms with Gasteiger partial charge >= 0.3 is 0 Å². The summed E-state index contributed by atoms with van der Waals surface area (Å²) in [5, 5.41) is 6.03. The first-order chi connectivity index (χ1) is 11.6. The summed E-state index contributed by atoms with van der Waals surface area (Å²) in [7, 11) is -3.90. The number of nitrogens with one attached hydrogen (secondary N) is 2. The number of benzene rings is 1. The number of fused-ring (bicyclic) bond motifs is 1. The summed E-state index contributed by atoms with van der Waals surface area (Å²) < 4.78 is 29.8. The number of carbonyl (C=O) groups is 1. The van der Waals surface area contributed by atoms with E-state index in [1.54, 1.807) is 30.3 Å². The number of nitrogens with zero attached hydrogens (tertiary/aromatic N) is 2. The van der Waals surface area contributed by atoms with E-state index < -0.39 is 21.5 Å². The first kappa shape index (κ1) is 17.2. The van der Waals surface area contributed by atoms with Gasteiger partial charge in [0, 0.05) is 11.5 Å². The fourth-order valence-corrected chi connectivity index (χ4v) is 3.24. The fourth-order valence-electron chi connectivity index (χ4n) is 2.18. The van der Waals surface area contributed by atoms with Crippen LogP contribution >= 0.6 is 0 Å². The van der Waals surface area contributed by atoms with E-state index >= 15 is 0 Å². The Morgan fingerprint density at radius 3 is 2.64 bits per heavy atom. The van der Waals surface area contributed by atoms with Crippen LogP contribution in [-0.2, 0) is 20.0 Å². The third kappa shape index (κ3) is 3.71. The molecular weight excluding hydrogens is 344 g/mol. The SMILES string of the molecule is CC(C)(C)c1cc(NC(=O)CS(=O)(=O)c2nc3ccccc3[nH]2)on1. The smallest absolute Gasteiger partial charge is 0.242 e. The van der Waals surface area contributed by atoms with Gasteiger partial charge in [0.25, 0.3) is 0 Å². The molecule has 2 N–H and O–H groups in total. The number of sulfone groups is 1. The summed E-state index contributed by atoms with van der Waals surface area (Å²) in [5.41, 5.74) is 1.52. The van der Waals surface area contributed by atoms with Crippen LogP contribution in [0.4, 0.5) is 5.88 Å².